The van der Waals surface area contributed by atoms with Crippen molar-refractivity contribution >= 4 is 17.6 Å². The van der Waals surface area contributed by atoms with E-state index in [0.717, 1.165) is 0 Å². The molecule has 3 N–H and O–H groups in total. The highest BCUT2D eigenvalue weighted by Crippen LogP contribution is 2.43. The molecule has 3 aliphatic rings. The van der Waals surface area contributed by atoms with Crippen LogP contribution in [0.25, 0.3) is 0 Å². The van der Waals surface area contributed by atoms with E-state index in [1.807, 2.05) is 0 Å². The van der Waals surface area contributed by atoms with Gasteiger partial charge in [-0.2, -0.15) is 0 Å². The maximum atomic E-state index is 13.2. The lowest BCUT2D eigenvalue weighted by Crippen LogP contribution is -2.52. The summed E-state index contributed by atoms with van der Waals surface area (Å²) in [5.74, 6) is -3.27. The maximum Gasteiger partial charge on any atom is 0.296 e. The molecular formula is C26H26FN5O5. The third-order valence-corrected chi connectivity index (χ3v) is 7.29. The SMILES string of the molecule is Cn1cccc1C(=O)C(=O)NC12CCC(CC1)Cn1c2nc(C(=O)NCc2ccc(F)cc2)c(O)c1=O. The molecule has 2 bridgehead atoms. The van der Waals surface area contributed by atoms with Crippen LogP contribution in [-0.4, -0.2) is 36.8 Å². The van der Waals surface area contributed by atoms with Crippen LogP contribution >= 0.6 is 0 Å². The van der Waals surface area contributed by atoms with Gasteiger partial charge in [-0.1, -0.05) is 12.1 Å². The predicted octanol–water partition coefficient (Wildman–Crippen LogP) is 1.75. The van der Waals surface area contributed by atoms with Crippen LogP contribution in [0.2, 0.25) is 0 Å². The predicted molar refractivity (Wildman–Crippen MR) is 129 cm³/mol. The summed E-state index contributed by atoms with van der Waals surface area (Å²) in [6.07, 6.45) is 3.86. The zero-order valence-corrected chi connectivity index (χ0v) is 20.2. The number of fused-ring (bicyclic) bond motifs is 2. The number of nitrogens with zero attached hydrogens (tertiary/aromatic N) is 3. The zero-order valence-electron chi connectivity index (χ0n) is 20.2. The normalized spacial score (nSPS) is 20.1. The van der Waals surface area contributed by atoms with Crippen molar-refractivity contribution < 1.29 is 23.9 Å². The van der Waals surface area contributed by atoms with Crippen LogP contribution < -0.4 is 16.2 Å². The fourth-order valence-electron chi connectivity index (χ4n) is 5.21. The molecule has 1 aromatic carbocycles. The largest absolute Gasteiger partial charge is 0.501 e. The van der Waals surface area contributed by atoms with Gasteiger partial charge in [-0.3, -0.25) is 23.7 Å². The Bertz CT molecular complexity index is 1450. The van der Waals surface area contributed by atoms with Crippen molar-refractivity contribution in [3.63, 3.8) is 0 Å². The first kappa shape index (κ1) is 24.4. The van der Waals surface area contributed by atoms with Gasteiger partial charge in [0.15, 0.2) is 5.69 Å². The third-order valence-electron chi connectivity index (χ3n) is 7.29. The molecule has 0 saturated heterocycles. The summed E-state index contributed by atoms with van der Waals surface area (Å²) in [7, 11) is 1.66. The Kier molecular flexibility index (Phi) is 6.14. The van der Waals surface area contributed by atoms with Crippen LogP contribution in [0.1, 0.15) is 58.0 Å². The topological polar surface area (TPSA) is 135 Å². The van der Waals surface area contributed by atoms with Crippen molar-refractivity contribution in [3.05, 3.63) is 81.5 Å². The van der Waals surface area contributed by atoms with E-state index in [-0.39, 0.29) is 30.5 Å². The molecule has 37 heavy (non-hydrogen) atoms. The van der Waals surface area contributed by atoms with Crippen LogP contribution in [0.5, 0.6) is 5.75 Å². The highest BCUT2D eigenvalue weighted by Gasteiger charge is 2.46. The van der Waals surface area contributed by atoms with Crippen molar-refractivity contribution in [2.75, 3.05) is 0 Å². The molecule has 3 aromatic rings. The van der Waals surface area contributed by atoms with Gasteiger partial charge < -0.3 is 20.3 Å². The molecule has 10 nitrogen and oxygen atoms in total. The number of aryl methyl sites for hydroxylation is 1. The summed E-state index contributed by atoms with van der Waals surface area (Å²) >= 11 is 0. The van der Waals surface area contributed by atoms with Crippen LogP contribution in [0.4, 0.5) is 4.39 Å². The third kappa shape index (κ3) is 4.41. The molecule has 6 rings (SSSR count). The second kappa shape index (κ2) is 9.30. The van der Waals surface area contributed by atoms with Gasteiger partial charge in [0.1, 0.15) is 11.6 Å². The first-order chi connectivity index (χ1) is 17.7. The molecule has 1 fully saturated rings. The number of carbonyl (C=O) groups is 3. The molecule has 4 heterocycles. The Labute approximate surface area is 211 Å². The van der Waals surface area contributed by atoms with E-state index in [9.17, 15) is 28.7 Å². The number of nitrogens with one attached hydrogen (secondary N) is 2. The molecule has 0 atom stereocenters. The minimum Gasteiger partial charge on any atom is -0.501 e. The molecule has 11 heteroatoms. The van der Waals surface area contributed by atoms with Crippen molar-refractivity contribution in [1.82, 2.24) is 24.8 Å². The fourth-order valence-corrected chi connectivity index (χ4v) is 5.21. The molecule has 1 saturated carbocycles. The number of hydrogen-bond acceptors (Lipinski definition) is 6. The van der Waals surface area contributed by atoms with Crippen LogP contribution in [0.3, 0.4) is 0 Å². The van der Waals surface area contributed by atoms with Crippen LogP contribution in [0, 0.1) is 11.7 Å². The molecule has 2 aliphatic heterocycles. The van der Waals surface area contributed by atoms with E-state index >= 15 is 0 Å². The van der Waals surface area contributed by atoms with Gasteiger partial charge in [0, 0.05) is 26.3 Å². The second-order valence-corrected chi connectivity index (χ2v) is 9.67. The highest BCUT2D eigenvalue weighted by molar-refractivity contribution is 6.42. The number of halogens is 1. The lowest BCUT2D eigenvalue weighted by Gasteiger charge is -2.36. The lowest BCUT2D eigenvalue weighted by atomic mass is 9.77. The van der Waals surface area contributed by atoms with Crippen molar-refractivity contribution in [1.29, 1.82) is 0 Å². The standard InChI is InChI=1S/C26H26FN5O5/c1-31-12-2-3-18(31)20(33)23(36)30-26-10-8-16(9-11-26)14-32-24(37)21(34)19(29-25(26)32)22(35)28-13-15-4-6-17(27)7-5-15/h2-7,12,16,34H,8-11,13-14H2,1H3,(H,28,35)(H,30,36). The summed E-state index contributed by atoms with van der Waals surface area (Å²) < 4.78 is 16.0. The minimum atomic E-state index is -1.15. The maximum absolute atomic E-state index is 13.2. The van der Waals surface area contributed by atoms with Crippen LogP contribution in [0.15, 0.2) is 47.4 Å². The van der Waals surface area contributed by atoms with Gasteiger partial charge in [0.2, 0.25) is 5.75 Å². The van der Waals surface area contributed by atoms with Crippen molar-refractivity contribution in [2.45, 2.75) is 44.3 Å². The van der Waals surface area contributed by atoms with Crippen molar-refractivity contribution in [3.8, 4) is 5.75 Å². The molecule has 1 aliphatic carbocycles. The fraction of sp³-hybridized carbons (Fsp3) is 0.346. The van der Waals surface area contributed by atoms with Crippen molar-refractivity contribution in [2.24, 2.45) is 13.0 Å². The number of carbonyl (C=O) groups excluding carboxylic acids is 3. The number of benzene rings is 1. The molecule has 0 unspecified atom stereocenters. The number of ketones is 1. The molecular weight excluding hydrogens is 481 g/mol. The van der Waals surface area contributed by atoms with Gasteiger partial charge in [0.25, 0.3) is 23.2 Å². The van der Waals surface area contributed by atoms with E-state index in [4.69, 9.17) is 0 Å². The van der Waals surface area contributed by atoms with E-state index in [0.29, 0.717) is 31.2 Å². The molecule has 2 aromatic heterocycles. The first-order valence-corrected chi connectivity index (χ1v) is 12.0. The monoisotopic (exact) mass is 507 g/mol. The molecule has 0 spiro atoms. The van der Waals surface area contributed by atoms with E-state index < -0.39 is 46.0 Å². The second-order valence-electron chi connectivity index (χ2n) is 9.67. The Morgan fingerprint density at radius 3 is 2.51 bits per heavy atom. The average molecular weight is 508 g/mol. The lowest BCUT2D eigenvalue weighted by molar-refractivity contribution is -0.119. The Morgan fingerprint density at radius 2 is 1.86 bits per heavy atom. The molecule has 2 amide bonds. The van der Waals surface area contributed by atoms with Gasteiger partial charge in [-0.15, -0.1) is 0 Å². The minimum absolute atomic E-state index is 0.0216. The first-order valence-electron chi connectivity index (χ1n) is 12.0. The quantitative estimate of drug-likeness (QED) is 0.344. The Hall–Kier alpha value is -4.28. The number of Topliss-reactive ketones (excluding diaryl/α,β-unsaturated/α-hetero) is 1. The van der Waals surface area contributed by atoms with Gasteiger partial charge in [-0.25, -0.2) is 9.37 Å². The summed E-state index contributed by atoms with van der Waals surface area (Å²) in [6.45, 7) is 0.309. The van der Waals surface area contributed by atoms with E-state index in [2.05, 4.69) is 15.6 Å². The molecule has 192 valence electrons. The summed E-state index contributed by atoms with van der Waals surface area (Å²) in [5.41, 5.74) is -1.57. The summed E-state index contributed by atoms with van der Waals surface area (Å²) in [4.78, 5) is 56.5. The average Bonchev–Trinajstić information content (AvgIpc) is 3.18. The van der Waals surface area contributed by atoms with Gasteiger partial charge >= 0.3 is 0 Å². The highest BCUT2D eigenvalue weighted by atomic mass is 19.1. The zero-order chi connectivity index (χ0) is 26.3. The summed E-state index contributed by atoms with van der Waals surface area (Å²) in [6, 6.07) is 8.72. The smallest absolute Gasteiger partial charge is 0.296 e. The van der Waals surface area contributed by atoms with Gasteiger partial charge in [-0.05, 0) is 61.4 Å². The number of aromatic nitrogens is 3. The Morgan fingerprint density at radius 1 is 1.16 bits per heavy atom. The number of amides is 2. The summed E-state index contributed by atoms with van der Waals surface area (Å²) in [5, 5.41) is 16.0. The van der Waals surface area contributed by atoms with E-state index in [1.165, 1.54) is 28.8 Å². The number of aromatic hydroxyl groups is 1. The van der Waals surface area contributed by atoms with E-state index in [1.54, 1.807) is 29.9 Å². The number of hydrogen-bond donors (Lipinski definition) is 3. The number of rotatable bonds is 6. The Balaban J connectivity index is 1.49. The molecule has 0 radical (unpaired) electrons. The van der Waals surface area contributed by atoms with Gasteiger partial charge in [0.05, 0.1) is 11.2 Å². The van der Waals surface area contributed by atoms with Crippen LogP contribution in [-0.2, 0) is 30.5 Å².